The average Bonchev–Trinajstić information content (AvgIpc) is 3.18. The molecule has 4 heterocycles. The first-order valence-electron chi connectivity index (χ1n) is 8.26. The first-order valence-corrected chi connectivity index (χ1v) is 9.14. The molecule has 6 heteroatoms. The van der Waals surface area contributed by atoms with Crippen LogP contribution in [0.2, 0.25) is 0 Å². The van der Waals surface area contributed by atoms with Gasteiger partial charge < -0.3 is 4.90 Å². The molecule has 4 rings (SSSR count). The van der Waals surface area contributed by atoms with Crippen LogP contribution >= 0.6 is 11.3 Å². The maximum absolute atomic E-state index is 12.8. The Hall–Kier alpha value is -2.21. The topological polar surface area (TPSA) is 51.0 Å². The lowest BCUT2D eigenvalue weighted by Gasteiger charge is -2.32. The van der Waals surface area contributed by atoms with E-state index in [-0.39, 0.29) is 11.8 Å². The van der Waals surface area contributed by atoms with Crippen LogP contribution in [0.5, 0.6) is 0 Å². The first-order chi connectivity index (χ1) is 11.6. The van der Waals surface area contributed by atoms with E-state index in [2.05, 4.69) is 11.1 Å². The van der Waals surface area contributed by atoms with E-state index in [9.17, 15) is 4.79 Å². The maximum Gasteiger partial charge on any atom is 0.264 e. The van der Waals surface area contributed by atoms with Crippen molar-refractivity contribution in [3.05, 3.63) is 45.9 Å². The van der Waals surface area contributed by atoms with Crippen LogP contribution in [-0.2, 0) is 7.05 Å². The molecule has 0 spiro atoms. The third kappa shape index (κ3) is 2.51. The molecule has 0 N–H and O–H groups in total. The molecule has 1 saturated heterocycles. The molecule has 1 amide bonds. The van der Waals surface area contributed by atoms with Crippen molar-refractivity contribution in [2.45, 2.75) is 25.7 Å². The summed E-state index contributed by atoms with van der Waals surface area (Å²) in [6, 6.07) is 6.04. The summed E-state index contributed by atoms with van der Waals surface area (Å²) in [7, 11) is 1.93. The van der Waals surface area contributed by atoms with E-state index in [1.165, 1.54) is 11.3 Å². The highest BCUT2D eigenvalue weighted by atomic mass is 32.1. The van der Waals surface area contributed by atoms with Crippen molar-refractivity contribution in [1.82, 2.24) is 19.7 Å². The van der Waals surface area contributed by atoms with Crippen LogP contribution in [0.25, 0.3) is 11.0 Å². The number of likely N-dealkylation sites (tertiary alicyclic amines) is 1. The standard InChI is InChI=1S/C18H20N4OS/c1-12-7-10-24-16(12)18(23)22-9-4-5-13(11-22)15-14-6-3-8-19-17(14)21(2)20-15/h3,6-8,10,13H,4-5,9,11H2,1-2H3/t13-/m0/s1. The lowest BCUT2D eigenvalue weighted by Crippen LogP contribution is -2.39. The molecule has 1 aliphatic heterocycles. The van der Waals surface area contributed by atoms with Gasteiger partial charge in [-0.15, -0.1) is 11.3 Å². The summed E-state index contributed by atoms with van der Waals surface area (Å²) in [5.41, 5.74) is 3.05. The number of amides is 1. The average molecular weight is 340 g/mol. The van der Waals surface area contributed by atoms with Gasteiger partial charge in [0.05, 0.1) is 10.6 Å². The van der Waals surface area contributed by atoms with Gasteiger partial charge in [0.2, 0.25) is 0 Å². The Morgan fingerprint density at radius 2 is 2.25 bits per heavy atom. The smallest absolute Gasteiger partial charge is 0.264 e. The van der Waals surface area contributed by atoms with Crippen molar-refractivity contribution in [2.75, 3.05) is 13.1 Å². The largest absolute Gasteiger partial charge is 0.337 e. The van der Waals surface area contributed by atoms with E-state index in [0.29, 0.717) is 0 Å². The Labute approximate surface area is 144 Å². The van der Waals surface area contributed by atoms with Gasteiger partial charge in [-0.05, 0) is 48.9 Å². The Kier molecular flexibility index (Phi) is 3.84. The van der Waals surface area contributed by atoms with Gasteiger partial charge in [0.1, 0.15) is 0 Å². The lowest BCUT2D eigenvalue weighted by atomic mass is 9.93. The summed E-state index contributed by atoms with van der Waals surface area (Å²) in [6.07, 6.45) is 3.87. The molecule has 24 heavy (non-hydrogen) atoms. The zero-order valence-corrected chi connectivity index (χ0v) is 14.7. The van der Waals surface area contributed by atoms with Gasteiger partial charge >= 0.3 is 0 Å². The second kappa shape index (κ2) is 6.02. The van der Waals surface area contributed by atoms with Crippen molar-refractivity contribution >= 4 is 28.3 Å². The predicted molar refractivity (Wildman–Crippen MR) is 95.4 cm³/mol. The van der Waals surface area contributed by atoms with E-state index in [0.717, 1.165) is 53.1 Å². The van der Waals surface area contributed by atoms with Gasteiger partial charge in [-0.1, -0.05) is 0 Å². The van der Waals surface area contributed by atoms with E-state index in [1.54, 1.807) is 6.20 Å². The van der Waals surface area contributed by atoms with Crippen molar-refractivity contribution < 1.29 is 4.79 Å². The molecule has 0 saturated carbocycles. The second-order valence-corrected chi connectivity index (χ2v) is 7.32. The third-order valence-corrected chi connectivity index (χ3v) is 5.78. The molecule has 3 aromatic heterocycles. The van der Waals surface area contributed by atoms with Gasteiger partial charge in [-0.25, -0.2) is 4.98 Å². The summed E-state index contributed by atoms with van der Waals surface area (Å²) in [5, 5.41) is 7.80. The highest BCUT2D eigenvalue weighted by molar-refractivity contribution is 7.12. The summed E-state index contributed by atoms with van der Waals surface area (Å²) in [4.78, 5) is 20.1. The number of thiophene rings is 1. The van der Waals surface area contributed by atoms with E-state index >= 15 is 0 Å². The molecule has 1 aliphatic rings. The number of carbonyl (C=O) groups is 1. The number of rotatable bonds is 2. The molecular formula is C18H20N4OS. The molecule has 3 aromatic rings. The van der Waals surface area contributed by atoms with Gasteiger partial charge in [0.25, 0.3) is 5.91 Å². The summed E-state index contributed by atoms with van der Waals surface area (Å²) in [6.45, 7) is 3.57. The van der Waals surface area contributed by atoms with Crippen LogP contribution in [0.4, 0.5) is 0 Å². The van der Waals surface area contributed by atoms with Crippen LogP contribution in [0.1, 0.15) is 39.7 Å². The van der Waals surface area contributed by atoms with Crippen LogP contribution in [0.15, 0.2) is 29.8 Å². The molecule has 0 bridgehead atoms. The molecule has 1 fully saturated rings. The SMILES string of the molecule is Cc1ccsc1C(=O)N1CCC[C@H](c2nn(C)c3ncccc23)C1. The summed E-state index contributed by atoms with van der Waals surface area (Å²) < 4.78 is 1.84. The maximum atomic E-state index is 12.8. The second-order valence-electron chi connectivity index (χ2n) is 6.41. The zero-order chi connectivity index (χ0) is 16.7. The fourth-order valence-corrected chi connectivity index (χ4v) is 4.43. The molecule has 5 nitrogen and oxygen atoms in total. The minimum Gasteiger partial charge on any atom is -0.337 e. The number of nitrogens with zero attached hydrogens (tertiary/aromatic N) is 4. The normalized spacial score (nSPS) is 18.2. The van der Waals surface area contributed by atoms with Crippen molar-refractivity contribution in [2.24, 2.45) is 7.05 Å². The predicted octanol–water partition coefficient (Wildman–Crippen LogP) is 3.36. The van der Waals surface area contributed by atoms with Gasteiger partial charge in [-0.2, -0.15) is 5.10 Å². The minimum atomic E-state index is 0.158. The fourth-order valence-electron chi connectivity index (χ4n) is 3.54. The molecule has 124 valence electrons. The zero-order valence-electron chi connectivity index (χ0n) is 13.9. The quantitative estimate of drug-likeness (QED) is 0.719. The van der Waals surface area contributed by atoms with E-state index in [1.807, 2.05) is 41.1 Å². The van der Waals surface area contributed by atoms with Crippen LogP contribution in [0.3, 0.4) is 0 Å². The molecule has 1 atom stereocenters. The fraction of sp³-hybridized carbons (Fsp3) is 0.389. The number of hydrogen-bond acceptors (Lipinski definition) is 4. The Morgan fingerprint density at radius 1 is 1.38 bits per heavy atom. The highest BCUT2D eigenvalue weighted by Gasteiger charge is 2.29. The monoisotopic (exact) mass is 340 g/mol. The van der Waals surface area contributed by atoms with Crippen LogP contribution in [-0.4, -0.2) is 38.7 Å². The number of aromatic nitrogens is 3. The molecule has 0 unspecified atom stereocenters. The highest BCUT2D eigenvalue weighted by Crippen LogP contribution is 2.32. The van der Waals surface area contributed by atoms with Crippen molar-refractivity contribution in [3.8, 4) is 0 Å². The van der Waals surface area contributed by atoms with E-state index < -0.39 is 0 Å². The Balaban J connectivity index is 1.63. The number of aryl methyl sites for hydroxylation is 2. The summed E-state index contributed by atoms with van der Waals surface area (Å²) >= 11 is 1.53. The Morgan fingerprint density at radius 3 is 3.04 bits per heavy atom. The number of hydrogen-bond donors (Lipinski definition) is 0. The molecular weight excluding hydrogens is 320 g/mol. The number of carbonyl (C=O) groups excluding carboxylic acids is 1. The lowest BCUT2D eigenvalue weighted by molar-refractivity contribution is 0.0710. The molecule has 0 radical (unpaired) electrons. The van der Waals surface area contributed by atoms with Crippen LogP contribution in [0, 0.1) is 6.92 Å². The van der Waals surface area contributed by atoms with Crippen molar-refractivity contribution in [1.29, 1.82) is 0 Å². The minimum absolute atomic E-state index is 0.158. The number of piperidine rings is 1. The molecule has 0 aliphatic carbocycles. The van der Waals surface area contributed by atoms with Gasteiger partial charge in [-0.3, -0.25) is 9.48 Å². The third-order valence-electron chi connectivity index (χ3n) is 4.78. The summed E-state index contributed by atoms with van der Waals surface area (Å²) in [5.74, 6) is 0.432. The van der Waals surface area contributed by atoms with Crippen LogP contribution < -0.4 is 0 Å². The number of pyridine rings is 1. The first kappa shape index (κ1) is 15.3. The van der Waals surface area contributed by atoms with Crippen molar-refractivity contribution in [3.63, 3.8) is 0 Å². The van der Waals surface area contributed by atoms with Gasteiger partial charge in [0.15, 0.2) is 5.65 Å². The Bertz CT molecular complexity index is 897. The number of fused-ring (bicyclic) bond motifs is 1. The van der Waals surface area contributed by atoms with E-state index in [4.69, 9.17) is 5.10 Å². The van der Waals surface area contributed by atoms with Gasteiger partial charge in [0, 0.05) is 37.6 Å². The molecule has 0 aromatic carbocycles.